The molecule has 0 saturated heterocycles. The Morgan fingerprint density at radius 3 is 1.55 bits per heavy atom. The molecule has 12 nitrogen and oxygen atoms in total. The number of hydrogen-bond donors (Lipinski definition) is 0. The number of hydrogen-bond acceptors (Lipinski definition) is 10. The zero-order valence-electron chi connectivity index (χ0n) is 20.5. The Hall–Kier alpha value is -4.77. The minimum atomic E-state index is -4.81. The molecule has 0 N–H and O–H groups in total. The number of carbonyl (C=O) groups excluding carboxylic acids is 3. The quantitative estimate of drug-likeness (QED) is 0.114. The number of esters is 3. The van der Waals surface area contributed by atoms with Gasteiger partial charge in [-0.2, -0.15) is 26.3 Å². The molecular formula is C22H18F6N2O10. The molecule has 0 unspecified atom stereocenters. The molecule has 2 rings (SSSR count). The van der Waals surface area contributed by atoms with Gasteiger partial charge in [0.1, 0.15) is 0 Å². The number of ether oxygens (including phenoxy) is 3. The third-order valence-electron chi connectivity index (χ3n) is 4.91. The second-order valence-electron chi connectivity index (χ2n) is 7.36. The monoisotopic (exact) mass is 584 g/mol. The minimum Gasteiger partial charge on any atom is -0.469 e. The summed E-state index contributed by atoms with van der Waals surface area (Å²) in [6.45, 7) is 0. The Bertz CT molecular complexity index is 1280. The average molecular weight is 584 g/mol. The summed E-state index contributed by atoms with van der Waals surface area (Å²) in [7, 11) is 2.93. The molecule has 18 heteroatoms. The summed E-state index contributed by atoms with van der Waals surface area (Å²) in [6.07, 6.45) is -9.94. The Kier molecular flexibility index (Phi) is 11.1. The van der Waals surface area contributed by atoms with Gasteiger partial charge in [0.15, 0.2) is 5.92 Å². The fourth-order valence-electron chi connectivity index (χ4n) is 3.00. The summed E-state index contributed by atoms with van der Waals surface area (Å²) < 4.78 is 87.9. The van der Waals surface area contributed by atoms with E-state index in [1.165, 1.54) is 0 Å². The fourth-order valence-corrected chi connectivity index (χ4v) is 3.00. The van der Waals surface area contributed by atoms with Crippen LogP contribution in [0.5, 0.6) is 0 Å². The van der Waals surface area contributed by atoms with E-state index in [9.17, 15) is 61.0 Å². The van der Waals surface area contributed by atoms with E-state index in [4.69, 9.17) is 0 Å². The van der Waals surface area contributed by atoms with E-state index in [1.54, 1.807) is 0 Å². The molecule has 218 valence electrons. The maximum atomic E-state index is 12.6. The van der Waals surface area contributed by atoms with Gasteiger partial charge in [-0.25, -0.2) is 0 Å². The molecule has 2 aromatic carbocycles. The molecule has 0 amide bonds. The molecule has 0 saturated carbocycles. The molecule has 0 aliphatic rings. The Balaban J connectivity index is 0.000000408. The molecule has 0 atom stereocenters. The van der Waals surface area contributed by atoms with Crippen molar-refractivity contribution < 1.29 is 64.8 Å². The van der Waals surface area contributed by atoms with Crippen LogP contribution in [0.3, 0.4) is 0 Å². The second kappa shape index (κ2) is 13.3. The molecular weight excluding hydrogens is 566 g/mol. The lowest BCUT2D eigenvalue weighted by Gasteiger charge is -2.14. The molecule has 0 heterocycles. The highest BCUT2D eigenvalue weighted by atomic mass is 19.4. The van der Waals surface area contributed by atoms with Crippen molar-refractivity contribution in [1.82, 2.24) is 0 Å². The van der Waals surface area contributed by atoms with Gasteiger partial charge < -0.3 is 14.2 Å². The lowest BCUT2D eigenvalue weighted by Crippen LogP contribution is -2.25. The maximum absolute atomic E-state index is 12.6. The summed E-state index contributed by atoms with van der Waals surface area (Å²) >= 11 is 0. The van der Waals surface area contributed by atoms with Crippen molar-refractivity contribution in [3.8, 4) is 0 Å². The molecule has 0 aliphatic heterocycles. The van der Waals surface area contributed by atoms with Crippen molar-refractivity contribution in [2.75, 3.05) is 21.3 Å². The first-order chi connectivity index (χ1) is 18.4. The molecule has 0 aliphatic carbocycles. The van der Waals surface area contributed by atoms with Crippen molar-refractivity contribution in [3.63, 3.8) is 0 Å². The zero-order chi connectivity index (χ0) is 31.0. The normalized spacial score (nSPS) is 11.2. The third-order valence-corrected chi connectivity index (χ3v) is 4.91. The SMILES string of the molecule is COC(=O)C(C(=O)OC)c1ccc(C(F)(F)F)cc1[N+](=O)[O-].COC(=O)Cc1ccc(C(F)(F)F)cc1[N+](=O)[O-]. The summed E-state index contributed by atoms with van der Waals surface area (Å²) in [5, 5.41) is 21.6. The highest BCUT2D eigenvalue weighted by Gasteiger charge is 2.39. The first-order valence-electron chi connectivity index (χ1n) is 10.3. The van der Waals surface area contributed by atoms with Crippen molar-refractivity contribution in [3.05, 3.63) is 78.9 Å². The lowest BCUT2D eigenvalue weighted by atomic mass is 9.96. The minimum absolute atomic E-state index is 0.125. The standard InChI is InChI=1S/C12H10F3NO6.C10H8F3NO4/c1-21-10(17)9(11(18)22-2)7-4-3-6(12(13,14)15)5-8(7)16(19)20;1-18-9(15)4-6-2-3-7(10(11,12)13)5-8(6)14(16)17/h3-5,9H,1-2H3;2-3,5H,4H2,1H3. The molecule has 0 bridgehead atoms. The van der Waals surface area contributed by atoms with E-state index in [0.29, 0.717) is 24.3 Å². The number of halogens is 6. The summed E-state index contributed by atoms with van der Waals surface area (Å²) in [6, 6.07) is 3.44. The number of nitro benzene ring substituents is 2. The van der Waals surface area contributed by atoms with E-state index in [2.05, 4.69) is 14.2 Å². The molecule has 0 fully saturated rings. The highest BCUT2D eigenvalue weighted by molar-refractivity contribution is 6.01. The van der Waals surface area contributed by atoms with Crippen LogP contribution in [0.15, 0.2) is 36.4 Å². The largest absolute Gasteiger partial charge is 0.469 e. The van der Waals surface area contributed by atoms with E-state index in [0.717, 1.165) is 27.4 Å². The van der Waals surface area contributed by atoms with E-state index in [-0.39, 0.29) is 11.6 Å². The van der Waals surface area contributed by atoms with Gasteiger partial charge in [-0.1, -0.05) is 12.1 Å². The lowest BCUT2D eigenvalue weighted by molar-refractivity contribution is -0.386. The first kappa shape index (κ1) is 33.3. The Labute approximate surface area is 219 Å². The van der Waals surface area contributed by atoms with Crippen LogP contribution in [-0.4, -0.2) is 49.1 Å². The summed E-state index contributed by atoms with van der Waals surface area (Å²) in [5.41, 5.74) is -4.87. The molecule has 40 heavy (non-hydrogen) atoms. The predicted octanol–water partition coefficient (Wildman–Crippen LogP) is 4.37. The van der Waals surface area contributed by atoms with Crippen molar-refractivity contribution in [1.29, 1.82) is 0 Å². The molecule has 0 spiro atoms. The number of methoxy groups -OCH3 is 3. The summed E-state index contributed by atoms with van der Waals surface area (Å²) in [5.74, 6) is -4.99. The topological polar surface area (TPSA) is 165 Å². The summed E-state index contributed by atoms with van der Waals surface area (Å²) in [4.78, 5) is 53.7. The number of benzene rings is 2. The van der Waals surface area contributed by atoms with Crippen LogP contribution in [0, 0.1) is 20.2 Å². The predicted molar refractivity (Wildman–Crippen MR) is 119 cm³/mol. The van der Waals surface area contributed by atoms with Crippen LogP contribution in [0.25, 0.3) is 0 Å². The van der Waals surface area contributed by atoms with E-state index >= 15 is 0 Å². The van der Waals surface area contributed by atoms with Gasteiger partial charge in [-0.3, -0.25) is 34.6 Å². The van der Waals surface area contributed by atoms with Gasteiger partial charge in [-0.15, -0.1) is 0 Å². The Morgan fingerprint density at radius 1 is 0.750 bits per heavy atom. The number of alkyl halides is 6. The van der Waals surface area contributed by atoms with Gasteiger partial charge in [0.2, 0.25) is 0 Å². The first-order valence-corrected chi connectivity index (χ1v) is 10.3. The molecule has 0 aromatic heterocycles. The third kappa shape index (κ3) is 8.63. The maximum Gasteiger partial charge on any atom is 0.416 e. The van der Waals surface area contributed by atoms with Crippen LogP contribution < -0.4 is 0 Å². The number of nitrogens with zero attached hydrogens (tertiary/aromatic N) is 2. The van der Waals surface area contributed by atoms with Crippen molar-refractivity contribution in [2.45, 2.75) is 24.7 Å². The smallest absolute Gasteiger partial charge is 0.416 e. The molecule has 2 aromatic rings. The van der Waals surface area contributed by atoms with E-state index in [1.807, 2.05) is 0 Å². The van der Waals surface area contributed by atoms with Gasteiger partial charge in [0.05, 0.1) is 54.3 Å². The Morgan fingerprint density at radius 2 is 1.18 bits per heavy atom. The average Bonchev–Trinajstić information content (AvgIpc) is 2.87. The number of carbonyl (C=O) groups is 3. The second-order valence-corrected chi connectivity index (χ2v) is 7.36. The van der Waals surface area contributed by atoms with Crippen molar-refractivity contribution >= 4 is 29.3 Å². The van der Waals surface area contributed by atoms with Gasteiger partial charge in [0.25, 0.3) is 11.4 Å². The van der Waals surface area contributed by atoms with Crippen LogP contribution in [-0.2, 0) is 47.4 Å². The van der Waals surface area contributed by atoms with Crippen LogP contribution >= 0.6 is 0 Å². The highest BCUT2D eigenvalue weighted by Crippen LogP contribution is 2.36. The zero-order valence-corrected chi connectivity index (χ0v) is 20.5. The van der Waals surface area contributed by atoms with Crippen molar-refractivity contribution in [2.24, 2.45) is 0 Å². The van der Waals surface area contributed by atoms with Crippen LogP contribution in [0.4, 0.5) is 37.7 Å². The van der Waals surface area contributed by atoms with Gasteiger partial charge >= 0.3 is 30.3 Å². The van der Waals surface area contributed by atoms with E-state index < -0.39 is 80.5 Å². The van der Waals surface area contributed by atoms with Gasteiger partial charge in [-0.05, 0) is 12.1 Å². The van der Waals surface area contributed by atoms with Crippen LogP contribution in [0.2, 0.25) is 0 Å². The molecule has 0 radical (unpaired) electrons. The van der Waals surface area contributed by atoms with Crippen LogP contribution in [0.1, 0.15) is 28.2 Å². The van der Waals surface area contributed by atoms with Gasteiger partial charge in [0, 0.05) is 17.7 Å². The number of rotatable bonds is 7. The fraction of sp³-hybridized carbons (Fsp3) is 0.318. The number of nitro groups is 2.